The van der Waals surface area contributed by atoms with Crippen LogP contribution in [-0.4, -0.2) is 60.6 Å². The van der Waals surface area contributed by atoms with Gasteiger partial charge < -0.3 is 29.6 Å². The number of carbonyl (C=O) groups excluding carboxylic acids is 1. The molecule has 0 radical (unpaired) electrons. The van der Waals surface area contributed by atoms with E-state index in [2.05, 4.69) is 29.5 Å². The Bertz CT molecular complexity index is 2150. The molecule has 3 saturated carbocycles. The number of aromatic nitrogens is 3. The van der Waals surface area contributed by atoms with Gasteiger partial charge in [0.15, 0.2) is 5.65 Å². The zero-order chi connectivity index (χ0) is 44.7. The van der Waals surface area contributed by atoms with E-state index in [0.717, 1.165) is 67.8 Å². The molecule has 11 nitrogen and oxygen atoms in total. The Hall–Kier alpha value is -4.48. The second-order valence-corrected chi connectivity index (χ2v) is 19.4. The molecule has 3 aliphatic carbocycles. The molecule has 0 saturated heterocycles. The quantitative estimate of drug-likeness (QED) is 0.0563. The van der Waals surface area contributed by atoms with Crippen molar-refractivity contribution in [3.05, 3.63) is 70.6 Å². The van der Waals surface area contributed by atoms with Gasteiger partial charge in [-0.05, 0) is 130 Å². The van der Waals surface area contributed by atoms with Crippen molar-refractivity contribution in [3.8, 4) is 17.2 Å². The van der Waals surface area contributed by atoms with Gasteiger partial charge in [0.1, 0.15) is 18.1 Å². The molecule has 2 N–H and O–H groups in total. The van der Waals surface area contributed by atoms with E-state index in [0.29, 0.717) is 58.8 Å². The first-order valence-electron chi connectivity index (χ1n) is 24.8. The summed E-state index contributed by atoms with van der Waals surface area (Å²) >= 11 is 0. The summed E-state index contributed by atoms with van der Waals surface area (Å²) in [6, 6.07) is 14.4. The van der Waals surface area contributed by atoms with Crippen LogP contribution < -0.4 is 25.7 Å². The summed E-state index contributed by atoms with van der Waals surface area (Å²) < 4.78 is 25.3. The third-order valence-corrected chi connectivity index (χ3v) is 14.1. The van der Waals surface area contributed by atoms with E-state index >= 15 is 0 Å². The van der Waals surface area contributed by atoms with E-state index in [9.17, 15) is 9.59 Å². The van der Waals surface area contributed by atoms with Crippen molar-refractivity contribution in [1.29, 1.82) is 0 Å². The van der Waals surface area contributed by atoms with Gasteiger partial charge in [-0.3, -0.25) is 14.2 Å². The minimum atomic E-state index is -0.229. The molecule has 3 aliphatic rings. The fraction of sp³-hybridized carbons (Fsp3) is 0.623. The van der Waals surface area contributed by atoms with Gasteiger partial charge >= 0.3 is 0 Å². The summed E-state index contributed by atoms with van der Waals surface area (Å²) in [4.78, 5) is 35.2. The molecule has 2 bridgehead atoms. The number of pyridine rings is 1. The van der Waals surface area contributed by atoms with Crippen LogP contribution in [0.1, 0.15) is 141 Å². The lowest BCUT2D eigenvalue weighted by molar-refractivity contribution is -0.117. The molecule has 2 atom stereocenters. The number of nitrogens with zero attached hydrogens (tertiary/aromatic N) is 3. The van der Waals surface area contributed by atoms with Crippen LogP contribution in [0.3, 0.4) is 0 Å². The van der Waals surface area contributed by atoms with Gasteiger partial charge in [0.05, 0.1) is 25.1 Å². The number of nitrogens with one attached hydrogen (secondary N) is 2. The maximum atomic E-state index is 13.4. The molecule has 2 aromatic heterocycles. The number of hydrogen-bond acceptors (Lipinski definition) is 9. The normalized spacial score (nSPS) is 20.6. The number of benzene rings is 2. The Labute approximate surface area is 381 Å². The molecule has 2 heterocycles. The molecule has 0 spiro atoms. The third-order valence-electron chi connectivity index (χ3n) is 14.1. The van der Waals surface area contributed by atoms with E-state index < -0.39 is 0 Å². The van der Waals surface area contributed by atoms with Crippen LogP contribution in [0, 0.1) is 36.0 Å². The second-order valence-electron chi connectivity index (χ2n) is 19.4. The van der Waals surface area contributed by atoms with Crippen molar-refractivity contribution >= 4 is 34.3 Å². The summed E-state index contributed by atoms with van der Waals surface area (Å²) in [6.45, 7) is 10.4. The van der Waals surface area contributed by atoms with Gasteiger partial charge in [0.25, 0.3) is 5.56 Å². The Balaban J connectivity index is 0.734. The van der Waals surface area contributed by atoms with Crippen molar-refractivity contribution < 1.29 is 23.7 Å². The number of anilines is 3. The molecule has 7 rings (SSSR count). The summed E-state index contributed by atoms with van der Waals surface area (Å²) in [6.07, 6.45) is 26.2. The average Bonchev–Trinajstić information content (AvgIpc) is 4.14. The fourth-order valence-electron chi connectivity index (χ4n) is 10.6. The SMILES string of the molecule is CCC1(CCOCCCCCCCCCCCCOCCOc2ccc(Nc3ncc4c(C)cc(=O)n(-c5cccc(NC(=O)C6CC6)c5)c4n3)c(OC)c2)CC2CC(C)CC(C2)C1. The predicted octanol–water partition coefficient (Wildman–Crippen LogP) is 12.1. The van der Waals surface area contributed by atoms with E-state index in [1.807, 2.05) is 43.3 Å². The second kappa shape index (κ2) is 23.6. The van der Waals surface area contributed by atoms with Gasteiger partial charge in [-0.1, -0.05) is 77.7 Å². The van der Waals surface area contributed by atoms with Crippen molar-refractivity contribution in [1.82, 2.24) is 14.5 Å². The van der Waals surface area contributed by atoms with Gasteiger partial charge in [-0.25, -0.2) is 4.98 Å². The van der Waals surface area contributed by atoms with Gasteiger partial charge in [0, 0.05) is 55.1 Å². The number of fused-ring (bicyclic) bond motifs is 3. The smallest absolute Gasteiger partial charge is 0.257 e. The predicted molar refractivity (Wildman–Crippen MR) is 257 cm³/mol. The third kappa shape index (κ3) is 13.5. The Morgan fingerprint density at radius 1 is 0.828 bits per heavy atom. The molecule has 3 fully saturated rings. The largest absolute Gasteiger partial charge is 0.494 e. The Morgan fingerprint density at radius 2 is 1.52 bits per heavy atom. The highest BCUT2D eigenvalue weighted by Gasteiger charge is 2.42. The van der Waals surface area contributed by atoms with Crippen molar-refractivity contribution in [2.75, 3.05) is 50.8 Å². The number of hydrogen-bond donors (Lipinski definition) is 2. The van der Waals surface area contributed by atoms with Crippen LogP contribution in [0.5, 0.6) is 11.5 Å². The molecule has 0 aliphatic heterocycles. The summed E-state index contributed by atoms with van der Waals surface area (Å²) in [5.41, 5.74) is 3.44. The highest BCUT2D eigenvalue weighted by molar-refractivity contribution is 5.94. The van der Waals surface area contributed by atoms with E-state index in [4.69, 9.17) is 23.9 Å². The number of aryl methyl sites for hydroxylation is 1. The molecule has 4 aromatic rings. The van der Waals surface area contributed by atoms with Gasteiger partial charge in [-0.15, -0.1) is 0 Å². The summed E-state index contributed by atoms with van der Waals surface area (Å²) in [5, 5.41) is 6.97. The fourth-order valence-corrected chi connectivity index (χ4v) is 10.6. The maximum Gasteiger partial charge on any atom is 0.257 e. The maximum absolute atomic E-state index is 13.4. The number of ether oxygens (including phenoxy) is 4. The molecule has 11 heteroatoms. The number of methoxy groups -OCH3 is 1. The minimum Gasteiger partial charge on any atom is -0.494 e. The van der Waals surface area contributed by atoms with Gasteiger partial charge in [0.2, 0.25) is 11.9 Å². The minimum absolute atomic E-state index is 0.00533. The summed E-state index contributed by atoms with van der Waals surface area (Å²) in [7, 11) is 1.60. The molecule has 2 aromatic carbocycles. The zero-order valence-corrected chi connectivity index (χ0v) is 39.3. The number of rotatable bonds is 27. The van der Waals surface area contributed by atoms with Crippen LogP contribution in [0.2, 0.25) is 0 Å². The van der Waals surface area contributed by atoms with Crippen LogP contribution in [0.25, 0.3) is 16.7 Å². The van der Waals surface area contributed by atoms with Crippen LogP contribution in [0.15, 0.2) is 59.5 Å². The number of unbranched alkanes of at least 4 members (excludes halogenated alkanes) is 9. The van der Waals surface area contributed by atoms with E-state index in [-0.39, 0.29) is 17.4 Å². The van der Waals surface area contributed by atoms with E-state index in [1.165, 1.54) is 103 Å². The van der Waals surface area contributed by atoms with Crippen LogP contribution in [-0.2, 0) is 14.3 Å². The number of carbonyl (C=O) groups is 1. The van der Waals surface area contributed by atoms with Crippen LogP contribution >= 0.6 is 0 Å². The number of amides is 1. The highest BCUT2D eigenvalue weighted by Crippen LogP contribution is 2.53. The highest BCUT2D eigenvalue weighted by atomic mass is 16.5. The monoisotopic (exact) mass is 878 g/mol. The lowest BCUT2D eigenvalue weighted by atomic mass is 9.57. The summed E-state index contributed by atoms with van der Waals surface area (Å²) in [5.74, 6) is 4.52. The molecular formula is C53H75N5O6. The van der Waals surface area contributed by atoms with Crippen molar-refractivity contribution in [2.24, 2.45) is 29.1 Å². The molecule has 2 unspecified atom stereocenters. The molecule has 1 amide bonds. The molecular weight excluding hydrogens is 803 g/mol. The van der Waals surface area contributed by atoms with Crippen molar-refractivity contribution in [3.63, 3.8) is 0 Å². The van der Waals surface area contributed by atoms with Crippen LogP contribution in [0.4, 0.5) is 17.3 Å². The molecule has 348 valence electrons. The lowest BCUT2D eigenvalue weighted by Crippen LogP contribution is -2.38. The first kappa shape index (κ1) is 47.5. The lowest BCUT2D eigenvalue weighted by Gasteiger charge is -2.49. The van der Waals surface area contributed by atoms with Gasteiger partial charge in [-0.2, -0.15) is 4.98 Å². The van der Waals surface area contributed by atoms with E-state index in [1.54, 1.807) is 30.0 Å². The Kier molecular flexibility index (Phi) is 17.5. The average molecular weight is 878 g/mol. The first-order chi connectivity index (χ1) is 31.2. The Morgan fingerprint density at radius 3 is 2.19 bits per heavy atom. The zero-order valence-electron chi connectivity index (χ0n) is 39.3. The standard InChI is InChI=1S/C53H75N5O6/c1-5-53(35-40-29-38(2)30-41(32-40)36-53)23-26-62-24-14-12-10-8-6-7-9-11-13-15-25-63-27-28-64-45-21-22-47(48(34-45)61-4)56-52-54-37-46-39(3)31-49(59)58(50(46)57-52)44-18-16-17-43(33-44)55-51(60)42-19-20-42/h16-18,21-22,31,33-34,37-38,40-42H,5-15,19-20,23-30,32,35-36H2,1-4H3,(H,55,60)(H,54,56,57). The molecule has 64 heavy (non-hydrogen) atoms. The van der Waals surface area contributed by atoms with Crippen molar-refractivity contribution in [2.45, 2.75) is 143 Å². The topological polar surface area (TPSA) is 126 Å². The first-order valence-corrected chi connectivity index (χ1v) is 24.8.